The standard InChI is InChI=1S/C24H18N2OS/c1-2-26-21-15-14-17-9-4-6-12-19(17)22(21)28-24(26)25-23(27)20-13-7-10-16-8-3-5-11-18(16)20/h3-15H,2H2,1H3. The number of carbonyl (C=O) groups is 1. The number of hydrogen-bond acceptors (Lipinski definition) is 2. The van der Waals surface area contributed by atoms with Crippen LogP contribution >= 0.6 is 11.3 Å². The Balaban J connectivity index is 1.75. The van der Waals surface area contributed by atoms with E-state index in [4.69, 9.17) is 0 Å². The molecule has 0 saturated heterocycles. The van der Waals surface area contributed by atoms with Crippen LogP contribution in [0.5, 0.6) is 0 Å². The second kappa shape index (κ2) is 6.73. The van der Waals surface area contributed by atoms with Crippen molar-refractivity contribution in [3.63, 3.8) is 0 Å². The highest BCUT2D eigenvalue weighted by atomic mass is 32.1. The summed E-state index contributed by atoms with van der Waals surface area (Å²) in [4.78, 5) is 18.3. The van der Waals surface area contributed by atoms with Crippen molar-refractivity contribution < 1.29 is 4.79 Å². The molecule has 0 fully saturated rings. The first-order chi connectivity index (χ1) is 13.8. The molecule has 1 aromatic heterocycles. The molecule has 0 radical (unpaired) electrons. The minimum Gasteiger partial charge on any atom is -0.317 e. The van der Waals surface area contributed by atoms with Gasteiger partial charge in [0.05, 0.1) is 10.2 Å². The first kappa shape index (κ1) is 16.9. The third-order valence-electron chi connectivity index (χ3n) is 5.11. The van der Waals surface area contributed by atoms with Gasteiger partial charge in [-0.1, -0.05) is 78.1 Å². The fraction of sp³-hybridized carbons (Fsp3) is 0.0833. The van der Waals surface area contributed by atoms with Crippen LogP contribution in [0, 0.1) is 0 Å². The number of hydrogen-bond donors (Lipinski definition) is 0. The van der Waals surface area contributed by atoms with Crippen LogP contribution < -0.4 is 4.80 Å². The molecule has 1 amide bonds. The Bertz CT molecular complexity index is 1420. The molecule has 0 atom stereocenters. The Hall–Kier alpha value is -3.24. The summed E-state index contributed by atoms with van der Waals surface area (Å²) in [6.07, 6.45) is 0. The maximum Gasteiger partial charge on any atom is 0.280 e. The summed E-state index contributed by atoms with van der Waals surface area (Å²) in [6, 6.07) is 26.3. The Kier molecular flexibility index (Phi) is 4.06. The number of thiazole rings is 1. The van der Waals surface area contributed by atoms with Gasteiger partial charge in [-0.2, -0.15) is 4.99 Å². The van der Waals surface area contributed by atoms with Crippen LogP contribution in [0.15, 0.2) is 83.9 Å². The molecule has 4 heteroatoms. The second-order valence-electron chi connectivity index (χ2n) is 6.71. The molecule has 3 nitrogen and oxygen atoms in total. The number of benzene rings is 4. The zero-order valence-electron chi connectivity index (χ0n) is 15.4. The molecule has 5 rings (SSSR count). The number of fused-ring (bicyclic) bond motifs is 4. The van der Waals surface area contributed by atoms with Crippen LogP contribution in [0.3, 0.4) is 0 Å². The maximum absolute atomic E-state index is 13.1. The minimum atomic E-state index is -0.199. The number of amides is 1. The van der Waals surface area contributed by atoms with Gasteiger partial charge in [0.2, 0.25) is 0 Å². The number of aromatic nitrogens is 1. The lowest BCUT2D eigenvalue weighted by atomic mass is 10.0. The van der Waals surface area contributed by atoms with Crippen molar-refractivity contribution in [2.75, 3.05) is 0 Å². The van der Waals surface area contributed by atoms with E-state index in [9.17, 15) is 4.79 Å². The topological polar surface area (TPSA) is 34.4 Å². The van der Waals surface area contributed by atoms with Crippen molar-refractivity contribution in [3.8, 4) is 0 Å². The number of rotatable bonds is 2. The van der Waals surface area contributed by atoms with Gasteiger partial charge in [0.15, 0.2) is 4.80 Å². The molecule has 0 bridgehead atoms. The van der Waals surface area contributed by atoms with E-state index < -0.39 is 0 Å². The summed E-state index contributed by atoms with van der Waals surface area (Å²) in [5.41, 5.74) is 1.76. The Morgan fingerprint density at radius 3 is 2.32 bits per heavy atom. The monoisotopic (exact) mass is 382 g/mol. The fourth-order valence-corrected chi connectivity index (χ4v) is 4.98. The molecule has 1 heterocycles. The molecule has 0 aliphatic carbocycles. The summed E-state index contributed by atoms with van der Waals surface area (Å²) in [5.74, 6) is -0.199. The van der Waals surface area contributed by atoms with E-state index in [0.717, 1.165) is 27.6 Å². The van der Waals surface area contributed by atoms with Gasteiger partial charge in [-0.05, 0) is 35.2 Å². The quantitative estimate of drug-likeness (QED) is 0.382. The first-order valence-corrected chi connectivity index (χ1v) is 10.2. The minimum absolute atomic E-state index is 0.199. The molecule has 0 spiro atoms. The van der Waals surface area contributed by atoms with Crippen LogP contribution in [0.1, 0.15) is 17.3 Å². The molecule has 136 valence electrons. The number of aryl methyl sites for hydroxylation is 1. The number of nitrogens with zero attached hydrogens (tertiary/aromatic N) is 2. The second-order valence-corrected chi connectivity index (χ2v) is 7.69. The van der Waals surface area contributed by atoms with Gasteiger partial charge in [0.1, 0.15) is 0 Å². The van der Waals surface area contributed by atoms with Crippen LogP contribution in [0.2, 0.25) is 0 Å². The summed E-state index contributed by atoms with van der Waals surface area (Å²) >= 11 is 1.58. The highest BCUT2D eigenvalue weighted by molar-refractivity contribution is 7.17. The van der Waals surface area contributed by atoms with Crippen molar-refractivity contribution >= 4 is 49.0 Å². The molecular formula is C24H18N2OS. The Morgan fingerprint density at radius 1 is 0.857 bits per heavy atom. The van der Waals surface area contributed by atoms with E-state index in [0.29, 0.717) is 5.56 Å². The van der Waals surface area contributed by atoms with Crippen molar-refractivity contribution in [1.82, 2.24) is 4.57 Å². The Morgan fingerprint density at radius 2 is 1.54 bits per heavy atom. The van der Waals surface area contributed by atoms with Crippen LogP contribution in [-0.2, 0) is 6.54 Å². The molecule has 5 aromatic rings. The van der Waals surface area contributed by atoms with Crippen LogP contribution in [0.25, 0.3) is 31.8 Å². The molecule has 0 aliphatic heterocycles. The lowest BCUT2D eigenvalue weighted by Gasteiger charge is -2.03. The molecule has 0 saturated carbocycles. The predicted molar refractivity (Wildman–Crippen MR) is 117 cm³/mol. The third-order valence-corrected chi connectivity index (χ3v) is 6.23. The van der Waals surface area contributed by atoms with Crippen molar-refractivity contribution in [1.29, 1.82) is 0 Å². The highest BCUT2D eigenvalue weighted by Crippen LogP contribution is 2.27. The van der Waals surface area contributed by atoms with Gasteiger partial charge in [-0.25, -0.2) is 0 Å². The summed E-state index contributed by atoms with van der Waals surface area (Å²) in [5, 5.41) is 4.39. The molecule has 0 N–H and O–H groups in total. The predicted octanol–water partition coefficient (Wildman–Crippen LogP) is 5.77. The zero-order chi connectivity index (χ0) is 19.1. The molecule has 28 heavy (non-hydrogen) atoms. The smallest absolute Gasteiger partial charge is 0.280 e. The van der Waals surface area contributed by atoms with Gasteiger partial charge < -0.3 is 4.57 Å². The molecule has 0 aliphatic rings. The van der Waals surface area contributed by atoms with E-state index in [1.165, 1.54) is 15.5 Å². The lowest BCUT2D eigenvalue weighted by Crippen LogP contribution is -2.16. The molecule has 0 unspecified atom stereocenters. The van der Waals surface area contributed by atoms with E-state index in [-0.39, 0.29) is 5.91 Å². The number of carbonyl (C=O) groups excluding carboxylic acids is 1. The van der Waals surface area contributed by atoms with Gasteiger partial charge in [0.25, 0.3) is 5.91 Å². The van der Waals surface area contributed by atoms with E-state index in [1.807, 2.05) is 48.5 Å². The summed E-state index contributed by atoms with van der Waals surface area (Å²) < 4.78 is 3.29. The van der Waals surface area contributed by atoms with Crippen molar-refractivity contribution in [2.24, 2.45) is 4.99 Å². The normalized spacial score (nSPS) is 12.2. The highest BCUT2D eigenvalue weighted by Gasteiger charge is 2.12. The van der Waals surface area contributed by atoms with E-state index >= 15 is 0 Å². The maximum atomic E-state index is 13.1. The van der Waals surface area contributed by atoms with Crippen molar-refractivity contribution in [2.45, 2.75) is 13.5 Å². The van der Waals surface area contributed by atoms with Gasteiger partial charge in [0, 0.05) is 17.5 Å². The van der Waals surface area contributed by atoms with Crippen molar-refractivity contribution in [3.05, 3.63) is 89.2 Å². The lowest BCUT2D eigenvalue weighted by molar-refractivity contribution is 0.0999. The largest absolute Gasteiger partial charge is 0.317 e. The summed E-state index contributed by atoms with van der Waals surface area (Å²) in [6.45, 7) is 2.85. The molecular weight excluding hydrogens is 364 g/mol. The van der Waals surface area contributed by atoms with Gasteiger partial charge >= 0.3 is 0 Å². The summed E-state index contributed by atoms with van der Waals surface area (Å²) in [7, 11) is 0. The molecule has 4 aromatic carbocycles. The van der Waals surface area contributed by atoms with E-state index in [2.05, 4.69) is 46.8 Å². The SMILES string of the molecule is CCn1c(=NC(=O)c2cccc3ccccc23)sc2c3ccccc3ccc21. The average molecular weight is 382 g/mol. The van der Waals surface area contributed by atoms with Gasteiger partial charge in [-0.3, -0.25) is 4.79 Å². The van der Waals surface area contributed by atoms with Gasteiger partial charge in [-0.15, -0.1) is 0 Å². The van der Waals surface area contributed by atoms with Crippen LogP contribution in [-0.4, -0.2) is 10.5 Å². The van der Waals surface area contributed by atoms with E-state index in [1.54, 1.807) is 11.3 Å². The Labute approximate surface area is 166 Å². The first-order valence-electron chi connectivity index (χ1n) is 9.34. The fourth-order valence-electron chi connectivity index (χ4n) is 3.75. The van der Waals surface area contributed by atoms with Crippen LogP contribution in [0.4, 0.5) is 0 Å². The third kappa shape index (κ3) is 2.65. The average Bonchev–Trinajstić information content (AvgIpc) is 3.10. The zero-order valence-corrected chi connectivity index (χ0v) is 16.2.